The molecule has 3 aliphatic rings. The van der Waals surface area contributed by atoms with Gasteiger partial charge in [0.25, 0.3) is 0 Å². The molecule has 0 radical (unpaired) electrons. The van der Waals surface area contributed by atoms with Gasteiger partial charge in [0.05, 0.1) is 17.1 Å². The van der Waals surface area contributed by atoms with E-state index in [1.807, 2.05) is 53.2 Å². The SMILES string of the molecule is O=C1CCC(c2ccc(C3CCC(N4CCC(c5ccc(-n6ccc7nnc(-c8ccccc8O)cc76)cc5F)CC4)CC3)c(F)c2)C(=O)N1. The highest BCUT2D eigenvalue weighted by Crippen LogP contribution is 2.40. The molecule has 3 fully saturated rings. The number of carbonyl (C=O) groups is 2. The number of rotatable bonds is 6. The quantitative estimate of drug-likeness (QED) is 0.181. The maximum absolute atomic E-state index is 15.7. The van der Waals surface area contributed by atoms with Gasteiger partial charge in [-0.15, -0.1) is 10.2 Å². The molecule has 3 aromatic carbocycles. The number of carbonyl (C=O) groups excluding carboxylic acids is 2. The van der Waals surface area contributed by atoms with Crippen LogP contribution in [0.2, 0.25) is 0 Å². The summed E-state index contributed by atoms with van der Waals surface area (Å²) < 4.78 is 32.9. The molecule has 8 nitrogen and oxygen atoms in total. The topological polar surface area (TPSA) is 100 Å². The van der Waals surface area contributed by atoms with Gasteiger partial charge in [0, 0.05) is 29.9 Å². The number of nitrogens with one attached hydrogen (secondary N) is 1. The van der Waals surface area contributed by atoms with Crippen molar-refractivity contribution < 1.29 is 23.5 Å². The molecule has 1 atom stereocenters. The zero-order chi connectivity index (χ0) is 34.4. The Labute approximate surface area is 289 Å². The van der Waals surface area contributed by atoms with Gasteiger partial charge in [-0.1, -0.05) is 30.3 Å². The zero-order valence-corrected chi connectivity index (χ0v) is 27.7. The van der Waals surface area contributed by atoms with Crippen LogP contribution in [0.15, 0.2) is 79.0 Å². The summed E-state index contributed by atoms with van der Waals surface area (Å²) >= 11 is 0. The Balaban J connectivity index is 0.883. The number of halogens is 2. The Hall–Kier alpha value is -4.96. The van der Waals surface area contributed by atoms with Crippen molar-refractivity contribution in [3.05, 3.63) is 107 Å². The number of phenols is 1. The van der Waals surface area contributed by atoms with E-state index in [9.17, 15) is 14.7 Å². The number of hydrogen-bond acceptors (Lipinski definition) is 6. The highest BCUT2D eigenvalue weighted by Gasteiger charge is 2.33. The average Bonchev–Trinajstić information content (AvgIpc) is 3.55. The molecule has 8 rings (SSSR count). The fraction of sp³-hybridized carbons (Fsp3) is 0.350. The van der Waals surface area contributed by atoms with Crippen LogP contribution in [0.3, 0.4) is 0 Å². The van der Waals surface area contributed by atoms with E-state index in [1.54, 1.807) is 24.3 Å². The first-order chi connectivity index (χ1) is 24.3. The third-order valence-electron chi connectivity index (χ3n) is 11.2. The number of likely N-dealkylation sites (tertiary alicyclic amines) is 1. The van der Waals surface area contributed by atoms with Gasteiger partial charge in [-0.2, -0.15) is 0 Å². The lowest BCUT2D eigenvalue weighted by Gasteiger charge is -2.41. The number of para-hydroxylation sites is 1. The van der Waals surface area contributed by atoms with Gasteiger partial charge >= 0.3 is 0 Å². The molecule has 0 bridgehead atoms. The summed E-state index contributed by atoms with van der Waals surface area (Å²) in [6.07, 6.45) is 8.12. The van der Waals surface area contributed by atoms with Crippen molar-refractivity contribution in [2.24, 2.45) is 0 Å². The van der Waals surface area contributed by atoms with Gasteiger partial charge in [-0.25, -0.2) is 8.78 Å². The Kier molecular flexibility index (Phi) is 8.64. The van der Waals surface area contributed by atoms with Crippen molar-refractivity contribution in [2.75, 3.05) is 13.1 Å². The van der Waals surface area contributed by atoms with E-state index >= 15 is 8.78 Å². The van der Waals surface area contributed by atoms with E-state index in [2.05, 4.69) is 20.4 Å². The predicted molar refractivity (Wildman–Crippen MR) is 186 cm³/mol. The second-order valence-corrected chi connectivity index (χ2v) is 14.0. The van der Waals surface area contributed by atoms with E-state index in [-0.39, 0.29) is 47.5 Å². The fourth-order valence-electron chi connectivity index (χ4n) is 8.40. The molecule has 2 saturated heterocycles. The number of nitrogens with zero attached hydrogens (tertiary/aromatic N) is 4. The first-order valence-electron chi connectivity index (χ1n) is 17.6. The highest BCUT2D eigenvalue weighted by molar-refractivity contribution is 6.00. The van der Waals surface area contributed by atoms with E-state index in [4.69, 9.17) is 0 Å². The van der Waals surface area contributed by atoms with Crippen LogP contribution in [-0.2, 0) is 9.59 Å². The summed E-state index contributed by atoms with van der Waals surface area (Å²) in [5.41, 5.74) is 5.39. The lowest BCUT2D eigenvalue weighted by atomic mass is 9.79. The molecule has 1 unspecified atom stereocenters. The molecule has 2 N–H and O–H groups in total. The molecule has 4 heterocycles. The van der Waals surface area contributed by atoms with Crippen LogP contribution in [0.1, 0.15) is 85.8 Å². The summed E-state index contributed by atoms with van der Waals surface area (Å²) in [4.78, 5) is 26.3. The van der Waals surface area contributed by atoms with Crippen LogP contribution >= 0.6 is 0 Å². The number of hydrogen-bond donors (Lipinski definition) is 2. The van der Waals surface area contributed by atoms with Crippen LogP contribution in [0.25, 0.3) is 28.0 Å². The second-order valence-electron chi connectivity index (χ2n) is 14.0. The third-order valence-corrected chi connectivity index (χ3v) is 11.2. The normalized spacial score (nSPS) is 22.2. The average molecular weight is 676 g/mol. The number of aromatic nitrogens is 3. The molecule has 256 valence electrons. The lowest BCUT2D eigenvalue weighted by Crippen LogP contribution is -2.42. The molecule has 5 aromatic rings. The number of piperidine rings is 2. The van der Waals surface area contributed by atoms with Gasteiger partial charge in [-0.05, 0) is 129 Å². The number of amides is 2. The van der Waals surface area contributed by atoms with Crippen molar-refractivity contribution in [1.82, 2.24) is 25.0 Å². The second kappa shape index (κ2) is 13.4. The Morgan fingerprint density at radius 3 is 2.20 bits per heavy atom. The van der Waals surface area contributed by atoms with E-state index in [0.717, 1.165) is 62.7 Å². The summed E-state index contributed by atoms with van der Waals surface area (Å²) in [5.74, 6) is -1.16. The van der Waals surface area contributed by atoms with Crippen LogP contribution < -0.4 is 5.32 Å². The van der Waals surface area contributed by atoms with Crippen LogP contribution in [0, 0.1) is 11.6 Å². The van der Waals surface area contributed by atoms with Gasteiger partial charge in [0.15, 0.2) is 0 Å². The molecular weight excluding hydrogens is 636 g/mol. The number of fused-ring (bicyclic) bond motifs is 1. The number of imide groups is 1. The first kappa shape index (κ1) is 32.3. The smallest absolute Gasteiger partial charge is 0.234 e. The van der Waals surface area contributed by atoms with Crippen LogP contribution in [0.5, 0.6) is 5.75 Å². The molecule has 2 aliphatic heterocycles. The van der Waals surface area contributed by atoms with E-state index in [0.29, 0.717) is 46.1 Å². The van der Waals surface area contributed by atoms with E-state index < -0.39 is 5.92 Å². The Morgan fingerprint density at radius 2 is 1.48 bits per heavy atom. The summed E-state index contributed by atoms with van der Waals surface area (Å²) in [6.45, 7) is 1.82. The number of benzene rings is 3. The lowest BCUT2D eigenvalue weighted by molar-refractivity contribution is -0.134. The minimum absolute atomic E-state index is 0.124. The third kappa shape index (κ3) is 6.17. The largest absolute Gasteiger partial charge is 0.507 e. The van der Waals surface area contributed by atoms with Crippen molar-refractivity contribution in [1.29, 1.82) is 0 Å². The minimum Gasteiger partial charge on any atom is -0.507 e. The molecule has 2 amide bonds. The fourth-order valence-corrected chi connectivity index (χ4v) is 8.40. The van der Waals surface area contributed by atoms with Gasteiger partial charge in [0.1, 0.15) is 22.9 Å². The molecule has 50 heavy (non-hydrogen) atoms. The standard InChI is InChI=1S/C40H39F2N5O3/c41-33-21-26(31-13-14-39(49)43-40(31)50)7-11-29(33)24-5-8-27(9-6-24)46-18-15-25(16-19-46)30-12-10-28(22-34(30)42)47-20-17-35-37(47)23-36(45-44-35)32-3-1-2-4-38(32)48/h1-4,7,10-12,17,20-25,27,31,48H,5-6,8-9,13-16,18-19H2,(H,43,49,50). The van der Waals surface area contributed by atoms with Crippen molar-refractivity contribution in [3.63, 3.8) is 0 Å². The van der Waals surface area contributed by atoms with Crippen molar-refractivity contribution in [2.45, 2.75) is 75.2 Å². The summed E-state index contributed by atoms with van der Waals surface area (Å²) in [5, 5.41) is 21.3. The van der Waals surface area contributed by atoms with E-state index in [1.165, 1.54) is 6.07 Å². The van der Waals surface area contributed by atoms with Crippen molar-refractivity contribution in [3.8, 4) is 22.7 Å². The Bertz CT molecular complexity index is 2080. The first-order valence-corrected chi connectivity index (χ1v) is 17.6. The van der Waals surface area contributed by atoms with Crippen LogP contribution in [0.4, 0.5) is 8.78 Å². The molecule has 2 aromatic heterocycles. The maximum atomic E-state index is 15.7. The van der Waals surface area contributed by atoms with Gasteiger partial charge in [-0.3, -0.25) is 14.9 Å². The molecular formula is C40H39F2N5O3. The van der Waals surface area contributed by atoms with Gasteiger partial charge < -0.3 is 14.6 Å². The summed E-state index contributed by atoms with van der Waals surface area (Å²) in [6, 6.07) is 21.8. The van der Waals surface area contributed by atoms with Gasteiger partial charge in [0.2, 0.25) is 11.8 Å². The molecule has 1 saturated carbocycles. The predicted octanol–water partition coefficient (Wildman–Crippen LogP) is 7.50. The number of aromatic hydroxyl groups is 1. The maximum Gasteiger partial charge on any atom is 0.234 e. The Morgan fingerprint density at radius 1 is 0.760 bits per heavy atom. The molecule has 0 spiro atoms. The van der Waals surface area contributed by atoms with Crippen molar-refractivity contribution >= 4 is 22.8 Å². The molecule has 10 heteroatoms. The summed E-state index contributed by atoms with van der Waals surface area (Å²) in [7, 11) is 0. The van der Waals surface area contributed by atoms with Crippen LogP contribution in [-0.4, -0.2) is 55.7 Å². The monoisotopic (exact) mass is 675 g/mol. The highest BCUT2D eigenvalue weighted by atomic mass is 19.1. The zero-order valence-electron chi connectivity index (χ0n) is 27.7. The minimum atomic E-state index is -0.484. The molecule has 1 aliphatic carbocycles. The number of phenolic OH excluding ortho intramolecular Hbond substituents is 1.